The summed E-state index contributed by atoms with van der Waals surface area (Å²) >= 11 is 0. The number of anilines is 1. The lowest BCUT2D eigenvalue weighted by atomic mass is 10.2. The molecule has 2 aromatic carbocycles. The van der Waals surface area contributed by atoms with Crippen LogP contribution in [0.5, 0.6) is 5.75 Å². The third-order valence-electron chi connectivity index (χ3n) is 3.35. The van der Waals surface area contributed by atoms with E-state index in [1.165, 1.54) is 37.4 Å². The molecule has 0 atom stereocenters. The average molecular weight is 362 g/mol. The topological polar surface area (TPSA) is 102 Å². The van der Waals surface area contributed by atoms with Gasteiger partial charge in [-0.25, -0.2) is 13.1 Å². The minimum absolute atomic E-state index is 0.0924. The smallest absolute Gasteiger partial charge is 0.268 e. The van der Waals surface area contributed by atoms with E-state index in [1.54, 1.807) is 25.1 Å². The van der Waals surface area contributed by atoms with Crippen LogP contribution in [0.25, 0.3) is 0 Å². The number of hydrogen-bond acceptors (Lipinski definition) is 5. The van der Waals surface area contributed by atoms with Gasteiger partial charge in [0.15, 0.2) is 0 Å². The average Bonchev–Trinajstić information content (AvgIpc) is 2.61. The van der Waals surface area contributed by atoms with E-state index >= 15 is 0 Å². The summed E-state index contributed by atoms with van der Waals surface area (Å²) in [5.74, 6) is -0.700. The molecular weight excluding hydrogens is 344 g/mol. The first-order valence-electron chi connectivity index (χ1n) is 7.47. The van der Waals surface area contributed by atoms with E-state index in [4.69, 9.17) is 4.74 Å². The molecule has 0 bridgehead atoms. The van der Waals surface area contributed by atoms with Gasteiger partial charge in [0.1, 0.15) is 5.75 Å². The van der Waals surface area contributed by atoms with Crippen molar-refractivity contribution < 1.29 is 22.7 Å². The third kappa shape index (κ3) is 4.57. The number of nitrogens with one attached hydrogen (secondary N) is 2. The molecule has 2 amide bonds. The summed E-state index contributed by atoms with van der Waals surface area (Å²) in [5.41, 5.74) is 0.585. The zero-order valence-corrected chi connectivity index (χ0v) is 14.6. The minimum Gasteiger partial charge on any atom is -0.496 e. The number of methoxy groups -OCH3 is 1. The molecule has 0 aliphatic heterocycles. The Morgan fingerprint density at radius 3 is 2.28 bits per heavy atom. The van der Waals surface area contributed by atoms with Gasteiger partial charge in [-0.1, -0.05) is 19.1 Å². The highest BCUT2D eigenvalue weighted by molar-refractivity contribution is 7.90. The van der Waals surface area contributed by atoms with E-state index in [2.05, 4.69) is 5.32 Å². The molecular formula is C17H18N2O5S. The molecule has 0 heterocycles. The maximum Gasteiger partial charge on any atom is 0.268 e. The molecule has 25 heavy (non-hydrogen) atoms. The molecule has 0 unspecified atom stereocenters. The Bertz CT molecular complexity index is 876. The van der Waals surface area contributed by atoms with Crippen LogP contribution in [0.15, 0.2) is 53.4 Å². The van der Waals surface area contributed by atoms with Crippen molar-refractivity contribution in [2.75, 3.05) is 12.4 Å². The van der Waals surface area contributed by atoms with Gasteiger partial charge in [-0.3, -0.25) is 9.59 Å². The quantitative estimate of drug-likeness (QED) is 0.820. The summed E-state index contributed by atoms with van der Waals surface area (Å²) in [5, 5.41) is 2.61. The van der Waals surface area contributed by atoms with Crippen LogP contribution in [0.1, 0.15) is 23.7 Å². The van der Waals surface area contributed by atoms with E-state index in [1.807, 2.05) is 4.72 Å². The fraction of sp³-hybridized carbons (Fsp3) is 0.176. The Balaban J connectivity index is 2.18. The lowest BCUT2D eigenvalue weighted by Crippen LogP contribution is -2.30. The Hall–Kier alpha value is -2.87. The van der Waals surface area contributed by atoms with Crippen molar-refractivity contribution in [1.29, 1.82) is 0 Å². The second kappa shape index (κ2) is 7.80. The summed E-state index contributed by atoms with van der Waals surface area (Å²) < 4.78 is 31.7. The molecule has 0 spiro atoms. The van der Waals surface area contributed by atoms with Crippen LogP contribution in [-0.2, 0) is 14.8 Å². The zero-order chi connectivity index (χ0) is 18.4. The summed E-state index contributed by atoms with van der Waals surface area (Å²) in [6, 6.07) is 11.8. The number of carbonyl (C=O) groups is 2. The monoisotopic (exact) mass is 362 g/mol. The molecule has 8 heteroatoms. The maximum atomic E-state index is 12.3. The summed E-state index contributed by atoms with van der Waals surface area (Å²) in [6.07, 6.45) is 0.314. The van der Waals surface area contributed by atoms with Crippen LogP contribution >= 0.6 is 0 Å². The van der Waals surface area contributed by atoms with Gasteiger partial charge in [0.05, 0.1) is 17.6 Å². The Kier molecular flexibility index (Phi) is 5.76. The van der Waals surface area contributed by atoms with Crippen molar-refractivity contribution in [2.24, 2.45) is 0 Å². The highest BCUT2D eigenvalue weighted by Gasteiger charge is 2.20. The number of ether oxygens (including phenoxy) is 1. The second-order valence-electron chi connectivity index (χ2n) is 5.06. The Morgan fingerprint density at radius 1 is 1.04 bits per heavy atom. The number of rotatable bonds is 6. The van der Waals surface area contributed by atoms with Crippen LogP contribution in [-0.4, -0.2) is 27.3 Å². The molecule has 0 saturated carbocycles. The van der Waals surface area contributed by atoms with Crippen LogP contribution in [0.4, 0.5) is 5.69 Å². The zero-order valence-electron chi connectivity index (χ0n) is 13.8. The summed E-state index contributed by atoms with van der Waals surface area (Å²) in [6.45, 7) is 1.71. The van der Waals surface area contributed by atoms with Gasteiger partial charge < -0.3 is 10.1 Å². The normalized spacial score (nSPS) is 10.8. The predicted molar refractivity (Wildman–Crippen MR) is 93.0 cm³/mol. The van der Waals surface area contributed by atoms with Crippen LogP contribution in [0.3, 0.4) is 0 Å². The van der Waals surface area contributed by atoms with Gasteiger partial charge in [-0.05, 0) is 36.4 Å². The van der Waals surface area contributed by atoms with Crippen molar-refractivity contribution in [1.82, 2.24) is 4.72 Å². The number of hydrogen-bond donors (Lipinski definition) is 2. The van der Waals surface area contributed by atoms with Crippen molar-refractivity contribution >= 4 is 27.5 Å². The lowest BCUT2D eigenvalue weighted by molar-refractivity contribution is -0.115. The van der Waals surface area contributed by atoms with Crippen molar-refractivity contribution in [2.45, 2.75) is 18.2 Å². The molecule has 0 aliphatic carbocycles. The molecule has 0 fully saturated rings. The summed E-state index contributed by atoms with van der Waals surface area (Å²) in [7, 11) is -2.66. The molecule has 0 radical (unpaired) electrons. The largest absolute Gasteiger partial charge is 0.496 e. The minimum atomic E-state index is -4.05. The van der Waals surface area contributed by atoms with Gasteiger partial charge in [0, 0.05) is 12.1 Å². The van der Waals surface area contributed by atoms with Crippen molar-refractivity contribution in [3.8, 4) is 5.75 Å². The lowest BCUT2D eigenvalue weighted by Gasteiger charge is -2.10. The first kappa shape index (κ1) is 18.5. The molecule has 2 aromatic rings. The standard InChI is InChI=1S/C17H18N2O5S/c1-3-16(20)18-12-8-10-13(11-9-12)25(22,23)19-17(21)14-6-4-5-7-15(14)24-2/h4-11H,3H2,1-2H3,(H,18,20)(H,19,21). The second-order valence-corrected chi connectivity index (χ2v) is 6.74. The van der Waals surface area contributed by atoms with E-state index in [0.717, 1.165) is 0 Å². The Morgan fingerprint density at radius 2 is 1.68 bits per heavy atom. The molecule has 0 aromatic heterocycles. The number of sulfonamides is 1. The molecule has 2 rings (SSSR count). The molecule has 0 saturated heterocycles. The van der Waals surface area contributed by atoms with Gasteiger partial charge in [-0.15, -0.1) is 0 Å². The molecule has 2 N–H and O–H groups in total. The predicted octanol–water partition coefficient (Wildman–Crippen LogP) is 2.16. The first-order valence-corrected chi connectivity index (χ1v) is 8.95. The van der Waals surface area contributed by atoms with Gasteiger partial charge >= 0.3 is 0 Å². The van der Waals surface area contributed by atoms with E-state index < -0.39 is 15.9 Å². The summed E-state index contributed by atoms with van der Waals surface area (Å²) in [4.78, 5) is 23.5. The van der Waals surface area contributed by atoms with Crippen LogP contribution in [0, 0.1) is 0 Å². The first-order chi connectivity index (χ1) is 11.9. The van der Waals surface area contributed by atoms with Gasteiger partial charge in [0.25, 0.3) is 15.9 Å². The van der Waals surface area contributed by atoms with Crippen LogP contribution in [0.2, 0.25) is 0 Å². The van der Waals surface area contributed by atoms with Gasteiger partial charge in [-0.2, -0.15) is 0 Å². The van der Waals surface area contributed by atoms with E-state index in [0.29, 0.717) is 12.1 Å². The number of carbonyl (C=O) groups excluding carboxylic acids is 2. The molecule has 132 valence electrons. The Labute approximate surface area is 146 Å². The maximum absolute atomic E-state index is 12.3. The number of para-hydroxylation sites is 1. The van der Waals surface area contributed by atoms with Crippen molar-refractivity contribution in [3.05, 3.63) is 54.1 Å². The number of amides is 2. The van der Waals surface area contributed by atoms with Gasteiger partial charge in [0.2, 0.25) is 5.91 Å². The highest BCUT2D eigenvalue weighted by Crippen LogP contribution is 2.19. The van der Waals surface area contributed by atoms with E-state index in [9.17, 15) is 18.0 Å². The highest BCUT2D eigenvalue weighted by atomic mass is 32.2. The van der Waals surface area contributed by atoms with Crippen LogP contribution < -0.4 is 14.8 Å². The third-order valence-corrected chi connectivity index (χ3v) is 4.70. The number of benzene rings is 2. The fourth-order valence-corrected chi connectivity index (χ4v) is 3.00. The van der Waals surface area contributed by atoms with E-state index in [-0.39, 0.29) is 22.1 Å². The van der Waals surface area contributed by atoms with Crippen molar-refractivity contribution in [3.63, 3.8) is 0 Å². The fourth-order valence-electron chi connectivity index (χ4n) is 2.03. The molecule has 7 nitrogen and oxygen atoms in total. The molecule has 0 aliphatic rings. The SMILES string of the molecule is CCC(=O)Nc1ccc(S(=O)(=O)NC(=O)c2ccccc2OC)cc1.